The molecular formula is C21H25FN4O3S. The number of hydrogen-bond acceptors (Lipinski definition) is 5. The molecule has 3 aromatic rings. The molecule has 1 aromatic carbocycles. The average Bonchev–Trinajstić information content (AvgIpc) is 3.15. The van der Waals surface area contributed by atoms with Crippen molar-refractivity contribution in [3.63, 3.8) is 0 Å². The number of anilines is 2. The second-order valence-corrected chi connectivity index (χ2v) is 8.15. The number of halogens is 1. The fourth-order valence-electron chi connectivity index (χ4n) is 3.27. The van der Waals surface area contributed by atoms with E-state index >= 15 is 0 Å². The summed E-state index contributed by atoms with van der Waals surface area (Å²) in [6.07, 6.45) is 2.97. The molecule has 3 rings (SSSR count). The summed E-state index contributed by atoms with van der Waals surface area (Å²) in [7, 11) is 0. The number of rotatable bonds is 8. The van der Waals surface area contributed by atoms with E-state index in [-0.39, 0.29) is 18.1 Å². The molecule has 30 heavy (non-hydrogen) atoms. The zero-order valence-corrected chi connectivity index (χ0v) is 17.9. The first-order valence-electron chi connectivity index (χ1n) is 10.0. The molecule has 9 heteroatoms. The number of fused-ring (bicyclic) bond motifs is 1. The average molecular weight is 433 g/mol. The molecule has 2 heterocycles. The number of thiophene rings is 1. The molecular weight excluding hydrogens is 407 g/mol. The number of carbonyl (C=O) groups excluding carboxylic acids is 1. The van der Waals surface area contributed by atoms with Crippen LogP contribution in [-0.2, 0) is 6.54 Å². The van der Waals surface area contributed by atoms with Crippen LogP contribution in [0.1, 0.15) is 49.2 Å². The number of amides is 1. The number of nitrogens with one attached hydrogen (secondary N) is 1. The third kappa shape index (κ3) is 4.16. The summed E-state index contributed by atoms with van der Waals surface area (Å²) < 4.78 is 16.0. The van der Waals surface area contributed by atoms with Gasteiger partial charge in [0, 0.05) is 23.2 Å². The fourth-order valence-corrected chi connectivity index (χ4v) is 4.30. The Balaban J connectivity index is 2.12. The minimum Gasteiger partial charge on any atom is -0.383 e. The highest BCUT2D eigenvalue weighted by atomic mass is 32.1. The van der Waals surface area contributed by atoms with E-state index in [1.165, 1.54) is 21.6 Å². The van der Waals surface area contributed by atoms with Gasteiger partial charge in [-0.25, -0.2) is 9.18 Å². The van der Waals surface area contributed by atoms with Crippen molar-refractivity contribution in [3.05, 3.63) is 55.8 Å². The predicted molar refractivity (Wildman–Crippen MR) is 119 cm³/mol. The van der Waals surface area contributed by atoms with Gasteiger partial charge in [0.25, 0.3) is 11.5 Å². The van der Waals surface area contributed by atoms with Crippen LogP contribution < -0.4 is 21.9 Å². The van der Waals surface area contributed by atoms with Crippen molar-refractivity contribution < 1.29 is 9.18 Å². The minimum atomic E-state index is -0.706. The van der Waals surface area contributed by atoms with Crippen LogP contribution in [0.2, 0.25) is 0 Å². The van der Waals surface area contributed by atoms with Crippen molar-refractivity contribution in [2.45, 2.75) is 46.1 Å². The monoisotopic (exact) mass is 432 g/mol. The fraction of sp³-hybridized carbons (Fsp3) is 0.381. The molecule has 0 aliphatic rings. The number of nitrogens with two attached hydrogens (primary N) is 1. The summed E-state index contributed by atoms with van der Waals surface area (Å²) >= 11 is 1.16. The largest absolute Gasteiger partial charge is 0.383 e. The first kappa shape index (κ1) is 21.8. The van der Waals surface area contributed by atoms with Crippen LogP contribution in [0.15, 0.2) is 33.9 Å². The Kier molecular flexibility index (Phi) is 6.71. The predicted octanol–water partition coefficient (Wildman–Crippen LogP) is 3.72. The normalized spacial score (nSPS) is 11.2. The van der Waals surface area contributed by atoms with Gasteiger partial charge in [0.2, 0.25) is 0 Å². The van der Waals surface area contributed by atoms with Crippen LogP contribution in [0, 0.1) is 5.82 Å². The van der Waals surface area contributed by atoms with Crippen LogP contribution in [0.5, 0.6) is 0 Å². The summed E-state index contributed by atoms with van der Waals surface area (Å²) in [5.41, 5.74) is 4.86. The summed E-state index contributed by atoms with van der Waals surface area (Å²) in [4.78, 5) is 42.1. The Morgan fingerprint density at radius 1 is 1.23 bits per heavy atom. The van der Waals surface area contributed by atoms with E-state index in [9.17, 15) is 18.8 Å². The van der Waals surface area contributed by atoms with Gasteiger partial charge in [-0.2, -0.15) is 0 Å². The van der Waals surface area contributed by atoms with E-state index in [4.69, 9.17) is 5.73 Å². The zero-order valence-electron chi connectivity index (χ0n) is 17.0. The Morgan fingerprint density at radius 3 is 2.63 bits per heavy atom. The minimum absolute atomic E-state index is 0.0334. The van der Waals surface area contributed by atoms with Gasteiger partial charge >= 0.3 is 5.69 Å². The molecule has 1 amide bonds. The quantitative estimate of drug-likeness (QED) is 0.566. The number of benzene rings is 1. The van der Waals surface area contributed by atoms with Crippen molar-refractivity contribution in [3.8, 4) is 0 Å². The summed E-state index contributed by atoms with van der Waals surface area (Å²) in [5, 5.41) is 0.357. The van der Waals surface area contributed by atoms with Crippen LogP contribution in [0.25, 0.3) is 10.1 Å². The SMILES string of the molecule is CCCCN(C(=O)c1cc2c(F)cccc2s1)c1c(N)n(CCCC)c(=O)[nH]c1=O. The van der Waals surface area contributed by atoms with Gasteiger partial charge in [-0.1, -0.05) is 32.8 Å². The molecule has 0 fully saturated rings. The van der Waals surface area contributed by atoms with Crippen molar-refractivity contribution in [1.82, 2.24) is 9.55 Å². The van der Waals surface area contributed by atoms with Crippen molar-refractivity contribution >= 4 is 38.8 Å². The van der Waals surface area contributed by atoms with Crippen LogP contribution in [-0.4, -0.2) is 22.0 Å². The third-order valence-electron chi connectivity index (χ3n) is 4.92. The molecule has 0 saturated carbocycles. The Hall–Kier alpha value is -2.94. The Labute approximate surface area is 176 Å². The number of carbonyl (C=O) groups is 1. The molecule has 0 atom stereocenters. The Bertz CT molecular complexity index is 1180. The van der Waals surface area contributed by atoms with Crippen molar-refractivity contribution in [1.29, 1.82) is 0 Å². The van der Waals surface area contributed by atoms with E-state index in [0.717, 1.165) is 24.2 Å². The van der Waals surface area contributed by atoms with E-state index in [1.54, 1.807) is 12.1 Å². The number of H-pyrrole nitrogens is 1. The first-order chi connectivity index (χ1) is 14.4. The standard InChI is InChI=1S/C21H25FN4O3S/c1-3-5-10-25(17-18(23)26(11-6-4-2)21(29)24-19(17)27)20(28)16-12-13-14(22)8-7-9-15(13)30-16/h7-9,12H,3-6,10-11,23H2,1-2H3,(H,24,27,29). The van der Waals surface area contributed by atoms with Crippen LogP contribution in [0.4, 0.5) is 15.9 Å². The lowest BCUT2D eigenvalue weighted by Crippen LogP contribution is -2.41. The van der Waals surface area contributed by atoms with Crippen molar-refractivity contribution in [2.24, 2.45) is 0 Å². The van der Waals surface area contributed by atoms with Gasteiger partial charge in [0.1, 0.15) is 11.6 Å². The van der Waals surface area contributed by atoms with Gasteiger partial charge < -0.3 is 5.73 Å². The molecule has 0 unspecified atom stereocenters. The molecule has 160 valence electrons. The maximum absolute atomic E-state index is 14.1. The lowest BCUT2D eigenvalue weighted by atomic mass is 10.2. The van der Waals surface area contributed by atoms with Gasteiger partial charge in [0.15, 0.2) is 5.69 Å². The van der Waals surface area contributed by atoms with E-state index in [0.29, 0.717) is 34.3 Å². The van der Waals surface area contributed by atoms with Gasteiger partial charge in [-0.05, 0) is 31.0 Å². The molecule has 3 N–H and O–H groups in total. The van der Waals surface area contributed by atoms with E-state index < -0.39 is 23.0 Å². The number of aromatic nitrogens is 2. The van der Waals surface area contributed by atoms with Gasteiger partial charge in [-0.15, -0.1) is 11.3 Å². The van der Waals surface area contributed by atoms with Crippen LogP contribution in [0.3, 0.4) is 0 Å². The first-order valence-corrected chi connectivity index (χ1v) is 10.8. The topological polar surface area (TPSA) is 101 Å². The number of hydrogen-bond donors (Lipinski definition) is 2. The van der Waals surface area contributed by atoms with Crippen LogP contribution >= 0.6 is 11.3 Å². The van der Waals surface area contributed by atoms with Gasteiger partial charge in [-0.3, -0.25) is 24.0 Å². The smallest absolute Gasteiger partial charge is 0.330 e. The molecule has 0 aliphatic heterocycles. The summed E-state index contributed by atoms with van der Waals surface area (Å²) in [6.45, 7) is 4.54. The van der Waals surface area contributed by atoms with E-state index in [1.807, 2.05) is 13.8 Å². The lowest BCUT2D eigenvalue weighted by molar-refractivity contribution is 0.0990. The molecule has 2 aromatic heterocycles. The Morgan fingerprint density at radius 2 is 1.97 bits per heavy atom. The molecule has 0 radical (unpaired) electrons. The third-order valence-corrected chi connectivity index (χ3v) is 6.01. The molecule has 7 nitrogen and oxygen atoms in total. The van der Waals surface area contributed by atoms with Crippen molar-refractivity contribution in [2.75, 3.05) is 17.2 Å². The number of unbranched alkanes of at least 4 members (excludes halogenated alkanes) is 2. The number of nitrogens with zero attached hydrogens (tertiary/aromatic N) is 2. The maximum atomic E-state index is 14.1. The lowest BCUT2D eigenvalue weighted by Gasteiger charge is -2.24. The molecule has 0 saturated heterocycles. The summed E-state index contributed by atoms with van der Waals surface area (Å²) in [5.74, 6) is -0.885. The van der Waals surface area contributed by atoms with E-state index in [2.05, 4.69) is 4.98 Å². The highest BCUT2D eigenvalue weighted by molar-refractivity contribution is 7.20. The summed E-state index contributed by atoms with van der Waals surface area (Å²) in [6, 6.07) is 6.16. The second kappa shape index (κ2) is 9.25. The highest BCUT2D eigenvalue weighted by Crippen LogP contribution is 2.30. The van der Waals surface area contributed by atoms with Gasteiger partial charge in [0.05, 0.1) is 4.88 Å². The molecule has 0 aliphatic carbocycles. The maximum Gasteiger partial charge on any atom is 0.330 e. The highest BCUT2D eigenvalue weighted by Gasteiger charge is 2.26. The molecule has 0 spiro atoms. The zero-order chi connectivity index (χ0) is 21.8. The number of aromatic amines is 1. The second-order valence-electron chi connectivity index (χ2n) is 7.07. The number of nitrogen functional groups attached to an aromatic ring is 1. The molecule has 0 bridgehead atoms.